The van der Waals surface area contributed by atoms with Crippen LogP contribution < -0.4 is 10.5 Å². The molecule has 2 nitrogen and oxygen atoms in total. The van der Waals surface area contributed by atoms with E-state index < -0.39 is 0 Å². The first-order chi connectivity index (χ1) is 6.65. The van der Waals surface area contributed by atoms with Crippen LogP contribution in [0.3, 0.4) is 0 Å². The van der Waals surface area contributed by atoms with Gasteiger partial charge in [0.25, 0.3) is 0 Å². The molecule has 0 radical (unpaired) electrons. The highest BCUT2D eigenvalue weighted by molar-refractivity contribution is 5.28. The van der Waals surface area contributed by atoms with Crippen molar-refractivity contribution >= 4 is 0 Å². The molecule has 1 aliphatic rings. The molecule has 0 bridgehead atoms. The number of hydrogen-bond donors (Lipinski definition) is 1. The lowest BCUT2D eigenvalue weighted by atomic mass is 9.90. The van der Waals surface area contributed by atoms with Crippen LogP contribution in [-0.2, 0) is 0 Å². The maximum Gasteiger partial charge on any atom is 0.129 e. The molecule has 0 aromatic heterocycles. The van der Waals surface area contributed by atoms with Crippen molar-refractivity contribution in [2.75, 3.05) is 0 Å². The van der Waals surface area contributed by atoms with E-state index in [1.807, 2.05) is 0 Å². The molecule has 1 aromatic carbocycles. The number of aryl methyl sites for hydroxylation is 1. The number of benzene rings is 1. The van der Waals surface area contributed by atoms with Crippen LogP contribution in [0.4, 0.5) is 4.39 Å². The molecule has 0 saturated heterocycles. The molecule has 0 heterocycles. The van der Waals surface area contributed by atoms with E-state index in [-0.39, 0.29) is 18.0 Å². The molecule has 0 unspecified atom stereocenters. The van der Waals surface area contributed by atoms with Crippen molar-refractivity contribution in [1.29, 1.82) is 0 Å². The van der Waals surface area contributed by atoms with Crippen LogP contribution >= 0.6 is 0 Å². The number of rotatable bonds is 2. The molecular weight excluding hydrogens is 181 g/mol. The Morgan fingerprint density at radius 2 is 2.14 bits per heavy atom. The first-order valence-electron chi connectivity index (χ1n) is 4.83. The van der Waals surface area contributed by atoms with Gasteiger partial charge in [-0.25, -0.2) is 4.39 Å². The third-order valence-corrected chi connectivity index (χ3v) is 2.58. The molecule has 2 rings (SSSR count). The zero-order valence-electron chi connectivity index (χ0n) is 8.16. The van der Waals surface area contributed by atoms with E-state index in [1.54, 1.807) is 19.1 Å². The molecule has 76 valence electrons. The second kappa shape index (κ2) is 3.58. The minimum Gasteiger partial charge on any atom is -0.490 e. The first-order valence-corrected chi connectivity index (χ1v) is 4.83. The lowest BCUT2D eigenvalue weighted by molar-refractivity contribution is 0.100. The van der Waals surface area contributed by atoms with E-state index >= 15 is 0 Å². The average Bonchev–Trinajstić information content (AvgIpc) is 2.09. The highest BCUT2D eigenvalue weighted by Gasteiger charge is 2.27. The van der Waals surface area contributed by atoms with Gasteiger partial charge < -0.3 is 10.5 Å². The number of nitrogens with two attached hydrogens (primary N) is 1. The molecule has 0 aliphatic heterocycles. The molecule has 2 N–H and O–H groups in total. The van der Waals surface area contributed by atoms with Gasteiger partial charge in [0.1, 0.15) is 17.7 Å². The van der Waals surface area contributed by atoms with Crippen LogP contribution in [0.1, 0.15) is 18.4 Å². The summed E-state index contributed by atoms with van der Waals surface area (Å²) in [5, 5.41) is 0. The van der Waals surface area contributed by atoms with Gasteiger partial charge in [0.2, 0.25) is 0 Å². The fraction of sp³-hybridized carbons (Fsp3) is 0.455. The van der Waals surface area contributed by atoms with E-state index in [4.69, 9.17) is 10.5 Å². The summed E-state index contributed by atoms with van der Waals surface area (Å²) in [6.45, 7) is 1.73. The summed E-state index contributed by atoms with van der Waals surface area (Å²) in [4.78, 5) is 0. The predicted octanol–water partition coefficient (Wildman–Crippen LogP) is 2.00. The molecular formula is C11H14FNO. The van der Waals surface area contributed by atoms with Crippen LogP contribution in [0.15, 0.2) is 18.2 Å². The van der Waals surface area contributed by atoms with Gasteiger partial charge in [-0.2, -0.15) is 0 Å². The Balaban J connectivity index is 2.00. The molecule has 1 saturated carbocycles. The molecule has 0 amide bonds. The smallest absolute Gasteiger partial charge is 0.129 e. The Morgan fingerprint density at radius 3 is 2.71 bits per heavy atom. The Morgan fingerprint density at radius 1 is 1.43 bits per heavy atom. The highest BCUT2D eigenvalue weighted by atomic mass is 19.1. The fourth-order valence-corrected chi connectivity index (χ4v) is 1.54. The fourth-order valence-electron chi connectivity index (χ4n) is 1.54. The molecule has 14 heavy (non-hydrogen) atoms. The predicted molar refractivity (Wildman–Crippen MR) is 52.8 cm³/mol. The van der Waals surface area contributed by atoms with E-state index in [9.17, 15) is 4.39 Å². The van der Waals surface area contributed by atoms with Crippen LogP contribution in [0.25, 0.3) is 0 Å². The number of ether oxygens (including phenoxy) is 1. The summed E-state index contributed by atoms with van der Waals surface area (Å²) in [5.41, 5.74) is 6.26. The zero-order valence-corrected chi connectivity index (χ0v) is 8.16. The Kier molecular flexibility index (Phi) is 2.42. The lowest BCUT2D eigenvalue weighted by Crippen LogP contribution is -2.43. The molecule has 1 aromatic rings. The molecule has 0 spiro atoms. The normalized spacial score (nSPS) is 25.6. The summed E-state index contributed by atoms with van der Waals surface area (Å²) in [7, 11) is 0. The van der Waals surface area contributed by atoms with Gasteiger partial charge in [-0.15, -0.1) is 0 Å². The zero-order chi connectivity index (χ0) is 10.1. The minimum atomic E-state index is -0.217. The Labute approximate surface area is 82.9 Å². The second-order valence-corrected chi connectivity index (χ2v) is 3.88. The Hall–Kier alpha value is -1.09. The van der Waals surface area contributed by atoms with Gasteiger partial charge in [-0.05, 0) is 31.4 Å². The summed E-state index contributed by atoms with van der Waals surface area (Å²) in [6.07, 6.45) is 1.91. The lowest BCUT2D eigenvalue weighted by Gasteiger charge is -2.32. The van der Waals surface area contributed by atoms with Crippen LogP contribution in [0.5, 0.6) is 5.75 Å². The van der Waals surface area contributed by atoms with Crippen LogP contribution in [-0.4, -0.2) is 12.1 Å². The maximum absolute atomic E-state index is 13.1. The van der Waals surface area contributed by atoms with E-state index in [2.05, 4.69) is 0 Å². The third kappa shape index (κ3) is 1.87. The van der Waals surface area contributed by atoms with Crippen molar-refractivity contribution in [3.8, 4) is 5.75 Å². The maximum atomic E-state index is 13.1. The van der Waals surface area contributed by atoms with Crippen molar-refractivity contribution in [1.82, 2.24) is 0 Å². The topological polar surface area (TPSA) is 35.2 Å². The van der Waals surface area contributed by atoms with Crippen molar-refractivity contribution in [2.24, 2.45) is 5.73 Å². The number of halogens is 1. The summed E-state index contributed by atoms with van der Waals surface area (Å²) < 4.78 is 18.7. The monoisotopic (exact) mass is 195 g/mol. The van der Waals surface area contributed by atoms with E-state index in [0.717, 1.165) is 12.8 Å². The van der Waals surface area contributed by atoms with Crippen molar-refractivity contribution in [3.05, 3.63) is 29.6 Å². The first kappa shape index (κ1) is 9.46. The molecule has 1 aliphatic carbocycles. The van der Waals surface area contributed by atoms with Crippen molar-refractivity contribution in [2.45, 2.75) is 31.9 Å². The van der Waals surface area contributed by atoms with Crippen molar-refractivity contribution < 1.29 is 9.13 Å². The SMILES string of the molecule is Cc1ccc(OC2CC(N)C2)cc1F. The third-order valence-electron chi connectivity index (χ3n) is 2.58. The minimum absolute atomic E-state index is 0.173. The van der Waals surface area contributed by atoms with Crippen LogP contribution in [0.2, 0.25) is 0 Å². The molecule has 3 heteroatoms. The van der Waals surface area contributed by atoms with Crippen LogP contribution in [0, 0.1) is 12.7 Å². The standard InChI is InChI=1S/C11H14FNO/c1-7-2-3-9(6-11(7)12)14-10-4-8(13)5-10/h2-3,6,8,10H,4-5,13H2,1H3. The largest absolute Gasteiger partial charge is 0.490 e. The summed E-state index contributed by atoms with van der Waals surface area (Å²) in [6, 6.07) is 5.21. The van der Waals surface area contributed by atoms with E-state index in [0.29, 0.717) is 11.3 Å². The average molecular weight is 195 g/mol. The van der Waals surface area contributed by atoms with Gasteiger partial charge in [0, 0.05) is 12.1 Å². The summed E-state index contributed by atoms with van der Waals surface area (Å²) >= 11 is 0. The van der Waals surface area contributed by atoms with Gasteiger partial charge in [0.05, 0.1) is 0 Å². The molecule has 0 atom stereocenters. The quantitative estimate of drug-likeness (QED) is 0.783. The van der Waals surface area contributed by atoms with Gasteiger partial charge in [-0.3, -0.25) is 0 Å². The van der Waals surface area contributed by atoms with Crippen molar-refractivity contribution in [3.63, 3.8) is 0 Å². The van der Waals surface area contributed by atoms with E-state index in [1.165, 1.54) is 6.07 Å². The van der Waals surface area contributed by atoms with Gasteiger partial charge in [-0.1, -0.05) is 6.07 Å². The highest BCUT2D eigenvalue weighted by Crippen LogP contribution is 2.25. The molecule has 1 fully saturated rings. The Bertz CT molecular complexity index is 334. The number of hydrogen-bond acceptors (Lipinski definition) is 2. The second-order valence-electron chi connectivity index (χ2n) is 3.88. The van der Waals surface area contributed by atoms with Gasteiger partial charge >= 0.3 is 0 Å². The van der Waals surface area contributed by atoms with Gasteiger partial charge in [0.15, 0.2) is 0 Å². The summed E-state index contributed by atoms with van der Waals surface area (Å²) in [5.74, 6) is 0.385.